The number of hydrogen-bond acceptors (Lipinski definition) is 2. The van der Waals surface area contributed by atoms with Crippen LogP contribution in [0.4, 0.5) is 4.39 Å². The van der Waals surface area contributed by atoms with E-state index in [0.29, 0.717) is 18.0 Å². The van der Waals surface area contributed by atoms with Crippen LogP contribution >= 0.6 is 0 Å². The molecule has 2 nitrogen and oxygen atoms in total. The molecule has 0 spiro atoms. The predicted molar refractivity (Wildman–Crippen MR) is 79.6 cm³/mol. The van der Waals surface area contributed by atoms with Crippen LogP contribution in [0, 0.1) is 23.1 Å². The van der Waals surface area contributed by atoms with E-state index >= 15 is 0 Å². The molecule has 20 heavy (non-hydrogen) atoms. The molecule has 0 radical (unpaired) electrons. The van der Waals surface area contributed by atoms with Gasteiger partial charge in [-0.3, -0.25) is 0 Å². The van der Waals surface area contributed by atoms with E-state index in [4.69, 9.17) is 5.73 Å². The fraction of sp³-hybridized carbons (Fsp3) is 0.647. The van der Waals surface area contributed by atoms with Gasteiger partial charge in [-0.25, -0.2) is 4.39 Å². The summed E-state index contributed by atoms with van der Waals surface area (Å²) in [7, 11) is 0. The molecular formula is C17H26FNO. The Labute approximate surface area is 121 Å². The fourth-order valence-corrected chi connectivity index (χ4v) is 3.50. The van der Waals surface area contributed by atoms with Crippen LogP contribution in [-0.4, -0.2) is 11.7 Å². The maximum atomic E-state index is 13.3. The molecule has 0 aromatic heterocycles. The van der Waals surface area contributed by atoms with Crippen LogP contribution in [-0.2, 0) is 0 Å². The van der Waals surface area contributed by atoms with Gasteiger partial charge in [0.2, 0.25) is 0 Å². The Morgan fingerprint density at radius 1 is 1.35 bits per heavy atom. The average molecular weight is 279 g/mol. The third-order valence-corrected chi connectivity index (χ3v) is 5.12. The molecule has 0 amide bonds. The minimum absolute atomic E-state index is 0.292. The van der Waals surface area contributed by atoms with Crippen molar-refractivity contribution in [3.63, 3.8) is 0 Å². The smallest absolute Gasteiger partial charge is 0.123 e. The monoisotopic (exact) mass is 279 g/mol. The van der Waals surface area contributed by atoms with E-state index in [0.717, 1.165) is 31.6 Å². The Kier molecular flexibility index (Phi) is 4.82. The average Bonchev–Trinajstić information content (AvgIpc) is 2.46. The van der Waals surface area contributed by atoms with E-state index in [2.05, 4.69) is 13.8 Å². The van der Waals surface area contributed by atoms with E-state index in [9.17, 15) is 9.50 Å². The number of rotatable bonds is 4. The molecule has 1 aromatic carbocycles. The van der Waals surface area contributed by atoms with Crippen LogP contribution in [0.1, 0.15) is 51.2 Å². The van der Waals surface area contributed by atoms with Gasteiger partial charge in [0.25, 0.3) is 0 Å². The Hall–Kier alpha value is -0.930. The zero-order valence-electron chi connectivity index (χ0n) is 12.5. The first-order valence-electron chi connectivity index (χ1n) is 7.62. The van der Waals surface area contributed by atoms with Gasteiger partial charge in [-0.1, -0.05) is 26.0 Å². The summed E-state index contributed by atoms with van der Waals surface area (Å²) in [5.74, 6) is 1.09. The number of nitrogens with two attached hydrogens (primary N) is 1. The minimum Gasteiger partial charge on any atom is -0.388 e. The van der Waals surface area contributed by atoms with Gasteiger partial charge in [0, 0.05) is 12.0 Å². The van der Waals surface area contributed by atoms with Crippen LogP contribution in [0.2, 0.25) is 0 Å². The Morgan fingerprint density at radius 3 is 2.50 bits per heavy atom. The molecule has 3 N–H and O–H groups in total. The molecule has 1 atom stereocenters. The summed E-state index contributed by atoms with van der Waals surface area (Å²) in [4.78, 5) is 0. The van der Waals surface area contributed by atoms with Gasteiger partial charge in [0.1, 0.15) is 5.82 Å². The summed E-state index contributed by atoms with van der Waals surface area (Å²) in [6.07, 6.45) is 3.37. The van der Waals surface area contributed by atoms with Crippen molar-refractivity contribution in [1.29, 1.82) is 0 Å². The second-order valence-electron chi connectivity index (χ2n) is 6.61. The van der Waals surface area contributed by atoms with E-state index < -0.39 is 6.10 Å². The van der Waals surface area contributed by atoms with Crippen LogP contribution in [0.5, 0.6) is 0 Å². The molecule has 2 rings (SSSR count). The number of halogens is 1. The maximum Gasteiger partial charge on any atom is 0.123 e. The summed E-state index contributed by atoms with van der Waals surface area (Å²) in [6.45, 7) is 4.96. The van der Waals surface area contributed by atoms with Gasteiger partial charge in [-0.15, -0.1) is 0 Å². The van der Waals surface area contributed by atoms with Gasteiger partial charge < -0.3 is 10.8 Å². The molecule has 0 aliphatic heterocycles. The van der Waals surface area contributed by atoms with Crippen molar-refractivity contribution in [2.45, 2.75) is 45.6 Å². The molecule has 1 unspecified atom stereocenters. The second-order valence-corrected chi connectivity index (χ2v) is 6.61. The highest BCUT2D eigenvalue weighted by Crippen LogP contribution is 2.48. The van der Waals surface area contributed by atoms with Crippen LogP contribution in [0.15, 0.2) is 24.3 Å². The quantitative estimate of drug-likeness (QED) is 0.883. The van der Waals surface area contributed by atoms with Crippen LogP contribution in [0.3, 0.4) is 0 Å². The largest absolute Gasteiger partial charge is 0.388 e. The predicted octanol–water partition coefficient (Wildman–Crippen LogP) is 3.65. The molecule has 0 saturated heterocycles. The molecule has 1 aliphatic carbocycles. The number of aliphatic hydroxyl groups is 1. The summed E-state index contributed by atoms with van der Waals surface area (Å²) in [5.41, 5.74) is 6.34. The summed E-state index contributed by atoms with van der Waals surface area (Å²) in [5, 5.41) is 10.7. The molecule has 1 saturated carbocycles. The normalized spacial score (nSPS) is 28.6. The number of benzene rings is 1. The lowest BCUT2D eigenvalue weighted by Crippen LogP contribution is -2.40. The SMILES string of the molecule is CC(C)C1CCC(CN)(C(O)c2cccc(F)c2)CC1. The van der Waals surface area contributed by atoms with Gasteiger partial charge in [-0.05, 0) is 55.2 Å². The lowest BCUT2D eigenvalue weighted by Gasteiger charge is -2.44. The molecule has 1 aliphatic rings. The zero-order valence-corrected chi connectivity index (χ0v) is 12.5. The van der Waals surface area contributed by atoms with E-state index in [-0.39, 0.29) is 11.2 Å². The van der Waals surface area contributed by atoms with Crippen molar-refractivity contribution >= 4 is 0 Å². The number of aliphatic hydroxyl groups excluding tert-OH is 1. The zero-order chi connectivity index (χ0) is 14.8. The van der Waals surface area contributed by atoms with Gasteiger partial charge in [-0.2, -0.15) is 0 Å². The molecule has 1 fully saturated rings. The minimum atomic E-state index is -0.670. The van der Waals surface area contributed by atoms with Crippen LogP contribution in [0.25, 0.3) is 0 Å². The molecule has 1 aromatic rings. The Morgan fingerprint density at radius 2 is 2.00 bits per heavy atom. The van der Waals surface area contributed by atoms with Crippen molar-refractivity contribution in [2.75, 3.05) is 6.54 Å². The summed E-state index contributed by atoms with van der Waals surface area (Å²) >= 11 is 0. The highest BCUT2D eigenvalue weighted by molar-refractivity contribution is 5.21. The van der Waals surface area contributed by atoms with Gasteiger partial charge in [0.05, 0.1) is 6.10 Å². The standard InChI is InChI=1S/C17H26FNO/c1-12(2)13-6-8-17(11-19,9-7-13)16(20)14-4-3-5-15(18)10-14/h3-5,10,12-13,16,20H,6-9,11,19H2,1-2H3. The van der Waals surface area contributed by atoms with Gasteiger partial charge >= 0.3 is 0 Å². The molecule has 112 valence electrons. The van der Waals surface area contributed by atoms with E-state index in [1.54, 1.807) is 12.1 Å². The van der Waals surface area contributed by atoms with E-state index in [1.165, 1.54) is 12.1 Å². The summed E-state index contributed by atoms with van der Waals surface area (Å²) < 4.78 is 13.3. The molecule has 0 bridgehead atoms. The molecular weight excluding hydrogens is 253 g/mol. The third-order valence-electron chi connectivity index (χ3n) is 5.12. The van der Waals surface area contributed by atoms with Crippen molar-refractivity contribution < 1.29 is 9.50 Å². The van der Waals surface area contributed by atoms with Crippen molar-refractivity contribution in [3.05, 3.63) is 35.6 Å². The fourth-order valence-electron chi connectivity index (χ4n) is 3.50. The van der Waals surface area contributed by atoms with Crippen molar-refractivity contribution in [2.24, 2.45) is 23.0 Å². The van der Waals surface area contributed by atoms with E-state index in [1.807, 2.05) is 0 Å². The third kappa shape index (κ3) is 3.04. The highest BCUT2D eigenvalue weighted by atomic mass is 19.1. The Balaban J connectivity index is 2.16. The van der Waals surface area contributed by atoms with Gasteiger partial charge in [0.15, 0.2) is 0 Å². The highest BCUT2D eigenvalue weighted by Gasteiger charge is 2.41. The van der Waals surface area contributed by atoms with Crippen molar-refractivity contribution in [1.82, 2.24) is 0 Å². The molecule has 0 heterocycles. The first-order chi connectivity index (χ1) is 9.48. The maximum absolute atomic E-state index is 13.3. The lowest BCUT2D eigenvalue weighted by molar-refractivity contribution is -0.0150. The lowest BCUT2D eigenvalue weighted by atomic mass is 9.64. The van der Waals surface area contributed by atoms with Crippen LogP contribution < -0.4 is 5.73 Å². The Bertz CT molecular complexity index is 438. The first kappa shape index (κ1) is 15.5. The van der Waals surface area contributed by atoms with Crippen molar-refractivity contribution in [3.8, 4) is 0 Å². The summed E-state index contributed by atoms with van der Waals surface area (Å²) in [6, 6.07) is 6.27. The second kappa shape index (κ2) is 6.23. The topological polar surface area (TPSA) is 46.2 Å². The number of hydrogen-bond donors (Lipinski definition) is 2. The first-order valence-corrected chi connectivity index (χ1v) is 7.62. The molecule has 3 heteroatoms.